The molecule has 3 aromatic rings. The van der Waals surface area contributed by atoms with Crippen LogP contribution in [0.5, 0.6) is 0 Å². The van der Waals surface area contributed by atoms with Crippen molar-refractivity contribution in [3.05, 3.63) is 71.4 Å². The van der Waals surface area contributed by atoms with Crippen LogP contribution < -0.4 is 5.32 Å². The van der Waals surface area contributed by atoms with E-state index in [1.807, 2.05) is 25.3 Å². The largest absolute Gasteiger partial charge is 0.388 e. The molecule has 0 fully saturated rings. The lowest BCUT2D eigenvalue weighted by molar-refractivity contribution is 0.153. The molecule has 5 heteroatoms. The Labute approximate surface area is 141 Å². The minimum Gasteiger partial charge on any atom is -0.388 e. The van der Waals surface area contributed by atoms with E-state index in [1.165, 1.54) is 17.7 Å². The van der Waals surface area contributed by atoms with Crippen molar-refractivity contribution < 1.29 is 9.50 Å². The highest BCUT2D eigenvalue weighted by Gasteiger charge is 2.13. The molecule has 0 aliphatic heterocycles. The fourth-order valence-electron chi connectivity index (χ4n) is 2.79. The number of nitrogens with zero attached hydrogens (tertiary/aromatic N) is 2. The van der Waals surface area contributed by atoms with E-state index >= 15 is 0 Å². The number of halogens is 1. The van der Waals surface area contributed by atoms with Gasteiger partial charge in [0.25, 0.3) is 0 Å². The molecule has 2 atom stereocenters. The van der Waals surface area contributed by atoms with Gasteiger partial charge >= 0.3 is 0 Å². The molecule has 0 aliphatic carbocycles. The Morgan fingerprint density at radius 2 is 1.96 bits per heavy atom. The summed E-state index contributed by atoms with van der Waals surface area (Å²) >= 11 is 0. The number of nitrogens with one attached hydrogen (secondary N) is 1. The van der Waals surface area contributed by atoms with Gasteiger partial charge in [-0.25, -0.2) is 9.37 Å². The SMILES string of the molecule is Cc1ccc2ncc(CNC(C)CC(O)c3ccc(F)cc3)n2c1. The zero-order chi connectivity index (χ0) is 17.1. The Bertz CT molecular complexity index is 813. The minimum atomic E-state index is -0.613. The van der Waals surface area contributed by atoms with Gasteiger partial charge in [-0.2, -0.15) is 0 Å². The Balaban J connectivity index is 1.59. The highest BCUT2D eigenvalue weighted by Crippen LogP contribution is 2.19. The molecular weight excluding hydrogens is 305 g/mol. The normalized spacial score (nSPS) is 14.0. The summed E-state index contributed by atoms with van der Waals surface area (Å²) in [6.07, 6.45) is 3.88. The van der Waals surface area contributed by atoms with Crippen LogP contribution in [0, 0.1) is 12.7 Å². The maximum atomic E-state index is 12.9. The van der Waals surface area contributed by atoms with Crippen LogP contribution in [0.4, 0.5) is 4.39 Å². The van der Waals surface area contributed by atoms with E-state index in [0.717, 1.165) is 16.9 Å². The average Bonchev–Trinajstić information content (AvgIpc) is 2.95. The highest BCUT2D eigenvalue weighted by molar-refractivity contribution is 5.41. The van der Waals surface area contributed by atoms with Crippen LogP contribution >= 0.6 is 0 Å². The van der Waals surface area contributed by atoms with Crippen LogP contribution in [0.15, 0.2) is 48.8 Å². The third kappa shape index (κ3) is 3.80. The van der Waals surface area contributed by atoms with Crippen LogP contribution in [-0.4, -0.2) is 20.5 Å². The quantitative estimate of drug-likeness (QED) is 0.730. The van der Waals surface area contributed by atoms with E-state index in [1.54, 1.807) is 12.1 Å². The molecule has 0 amide bonds. The van der Waals surface area contributed by atoms with Crippen molar-refractivity contribution in [3.63, 3.8) is 0 Å². The molecule has 126 valence electrons. The smallest absolute Gasteiger partial charge is 0.136 e. The summed E-state index contributed by atoms with van der Waals surface area (Å²) in [5.41, 5.74) is 3.92. The van der Waals surface area contributed by atoms with Gasteiger partial charge < -0.3 is 14.8 Å². The number of hydrogen-bond acceptors (Lipinski definition) is 3. The predicted octanol–water partition coefficient (Wildman–Crippen LogP) is 3.38. The van der Waals surface area contributed by atoms with Crippen LogP contribution in [0.3, 0.4) is 0 Å². The number of aryl methyl sites for hydroxylation is 1. The minimum absolute atomic E-state index is 0.111. The van der Waals surface area contributed by atoms with Gasteiger partial charge in [0.15, 0.2) is 0 Å². The van der Waals surface area contributed by atoms with Crippen LogP contribution in [0.2, 0.25) is 0 Å². The second kappa shape index (κ2) is 7.11. The van der Waals surface area contributed by atoms with E-state index in [0.29, 0.717) is 13.0 Å². The van der Waals surface area contributed by atoms with Gasteiger partial charge in [-0.15, -0.1) is 0 Å². The predicted molar refractivity (Wildman–Crippen MR) is 92.2 cm³/mol. The van der Waals surface area contributed by atoms with E-state index in [9.17, 15) is 9.50 Å². The van der Waals surface area contributed by atoms with Crippen molar-refractivity contribution in [1.29, 1.82) is 0 Å². The molecule has 2 aromatic heterocycles. The fourth-order valence-corrected chi connectivity index (χ4v) is 2.79. The summed E-state index contributed by atoms with van der Waals surface area (Å²) in [5, 5.41) is 13.7. The number of rotatable bonds is 6. The molecule has 4 nitrogen and oxygen atoms in total. The molecule has 0 bridgehead atoms. The van der Waals surface area contributed by atoms with Crippen molar-refractivity contribution in [2.75, 3.05) is 0 Å². The average molecular weight is 327 g/mol. The van der Waals surface area contributed by atoms with Crippen molar-refractivity contribution in [1.82, 2.24) is 14.7 Å². The molecule has 0 spiro atoms. The lowest BCUT2D eigenvalue weighted by Crippen LogP contribution is -2.28. The van der Waals surface area contributed by atoms with Gasteiger partial charge in [-0.1, -0.05) is 18.2 Å². The molecular formula is C19H22FN3O. The number of aliphatic hydroxyl groups is 1. The van der Waals surface area contributed by atoms with Gasteiger partial charge in [-0.3, -0.25) is 0 Å². The maximum absolute atomic E-state index is 12.9. The number of benzene rings is 1. The first kappa shape index (κ1) is 16.6. The van der Waals surface area contributed by atoms with Gasteiger partial charge in [0.1, 0.15) is 11.5 Å². The molecule has 2 heterocycles. The Morgan fingerprint density at radius 3 is 2.71 bits per heavy atom. The van der Waals surface area contributed by atoms with Crippen molar-refractivity contribution in [2.45, 2.75) is 39.0 Å². The number of hydrogen-bond donors (Lipinski definition) is 2. The molecule has 3 rings (SSSR count). The number of aliphatic hydroxyl groups excluding tert-OH is 1. The Hall–Kier alpha value is -2.24. The standard InChI is InChI=1S/C19H22FN3O/c1-13-3-8-19-22-11-17(23(19)12-13)10-21-14(2)9-18(24)15-4-6-16(20)7-5-15/h3-8,11-12,14,18,21,24H,9-10H2,1-2H3. The molecule has 0 saturated carbocycles. The Morgan fingerprint density at radius 1 is 1.21 bits per heavy atom. The van der Waals surface area contributed by atoms with Gasteiger partial charge in [0.05, 0.1) is 18.0 Å². The summed E-state index contributed by atoms with van der Waals surface area (Å²) < 4.78 is 15.0. The number of pyridine rings is 1. The van der Waals surface area contributed by atoms with Crippen LogP contribution in [-0.2, 0) is 6.54 Å². The molecule has 0 radical (unpaired) electrons. The lowest BCUT2D eigenvalue weighted by Gasteiger charge is -2.18. The summed E-state index contributed by atoms with van der Waals surface area (Å²) in [7, 11) is 0. The molecule has 0 aliphatic rings. The van der Waals surface area contributed by atoms with Crippen molar-refractivity contribution in [2.24, 2.45) is 0 Å². The van der Waals surface area contributed by atoms with E-state index in [-0.39, 0.29) is 11.9 Å². The van der Waals surface area contributed by atoms with E-state index in [4.69, 9.17) is 0 Å². The lowest BCUT2D eigenvalue weighted by atomic mass is 10.0. The molecule has 0 saturated heterocycles. The molecule has 2 unspecified atom stereocenters. The topological polar surface area (TPSA) is 49.6 Å². The maximum Gasteiger partial charge on any atom is 0.136 e. The van der Waals surface area contributed by atoms with Gasteiger partial charge in [0.2, 0.25) is 0 Å². The highest BCUT2D eigenvalue weighted by atomic mass is 19.1. The fraction of sp³-hybridized carbons (Fsp3) is 0.316. The van der Waals surface area contributed by atoms with Gasteiger partial charge in [0, 0.05) is 18.8 Å². The van der Waals surface area contributed by atoms with E-state index in [2.05, 4.69) is 27.8 Å². The van der Waals surface area contributed by atoms with Crippen LogP contribution in [0.25, 0.3) is 5.65 Å². The zero-order valence-electron chi connectivity index (χ0n) is 13.9. The molecule has 2 N–H and O–H groups in total. The number of fused-ring (bicyclic) bond motifs is 1. The second-order valence-corrected chi connectivity index (χ2v) is 6.27. The second-order valence-electron chi connectivity index (χ2n) is 6.27. The first-order valence-electron chi connectivity index (χ1n) is 8.12. The molecule has 1 aromatic carbocycles. The third-order valence-corrected chi connectivity index (χ3v) is 4.19. The number of aromatic nitrogens is 2. The summed E-state index contributed by atoms with van der Waals surface area (Å²) in [6, 6.07) is 10.1. The van der Waals surface area contributed by atoms with Gasteiger partial charge in [-0.05, 0) is 49.6 Å². The third-order valence-electron chi connectivity index (χ3n) is 4.19. The monoisotopic (exact) mass is 327 g/mol. The Kier molecular flexibility index (Phi) is 4.92. The first-order valence-corrected chi connectivity index (χ1v) is 8.12. The van der Waals surface area contributed by atoms with Crippen molar-refractivity contribution in [3.8, 4) is 0 Å². The zero-order valence-corrected chi connectivity index (χ0v) is 13.9. The summed E-state index contributed by atoms with van der Waals surface area (Å²) in [4.78, 5) is 4.39. The number of imidazole rings is 1. The van der Waals surface area contributed by atoms with E-state index < -0.39 is 6.10 Å². The summed E-state index contributed by atoms with van der Waals surface area (Å²) in [5.74, 6) is -0.292. The first-order chi connectivity index (χ1) is 11.5. The van der Waals surface area contributed by atoms with Crippen molar-refractivity contribution >= 4 is 5.65 Å². The summed E-state index contributed by atoms with van der Waals surface area (Å²) in [6.45, 7) is 4.75. The van der Waals surface area contributed by atoms with Crippen LogP contribution in [0.1, 0.15) is 36.3 Å². The molecule has 24 heavy (non-hydrogen) atoms.